The molecule has 146 valence electrons. The number of carbonyl (C=O) groups is 1. The lowest BCUT2D eigenvalue weighted by Gasteiger charge is -2.07. The van der Waals surface area contributed by atoms with E-state index in [0.29, 0.717) is 21.0 Å². The Labute approximate surface area is 176 Å². The first-order chi connectivity index (χ1) is 13.7. The second-order valence-electron chi connectivity index (χ2n) is 6.71. The fourth-order valence-electron chi connectivity index (χ4n) is 2.74. The van der Waals surface area contributed by atoms with Crippen LogP contribution in [0.25, 0.3) is 0 Å². The maximum atomic E-state index is 13.1. The summed E-state index contributed by atoms with van der Waals surface area (Å²) in [6.07, 6.45) is 4.41. The first-order valence-corrected chi connectivity index (χ1v) is 11.1. The molecular weight excluding hydrogens is 404 g/mol. The lowest BCUT2D eigenvalue weighted by Crippen LogP contribution is -2.05. The molecule has 0 aliphatic carbocycles. The van der Waals surface area contributed by atoms with Crippen molar-refractivity contribution in [2.45, 2.75) is 18.7 Å². The van der Waals surface area contributed by atoms with Crippen LogP contribution in [0.1, 0.15) is 32.6 Å². The van der Waals surface area contributed by atoms with Gasteiger partial charge in [-0.3, -0.25) is 9.78 Å². The molecule has 0 spiro atoms. The predicted molar refractivity (Wildman–Crippen MR) is 117 cm³/mol. The molecule has 1 atom stereocenters. The van der Waals surface area contributed by atoms with Gasteiger partial charge in [0.2, 0.25) is 0 Å². The number of hydrogen-bond donors (Lipinski definition) is 0. The van der Waals surface area contributed by atoms with E-state index in [1.54, 1.807) is 30.5 Å². The third-order valence-corrected chi connectivity index (χ3v) is 6.04. The molecule has 0 fully saturated rings. The lowest BCUT2D eigenvalue weighted by molar-refractivity contribution is 0.100. The maximum absolute atomic E-state index is 13.1. The average Bonchev–Trinajstić information content (AvgIpc) is 2.66. The second kappa shape index (κ2) is 8.60. The summed E-state index contributed by atoms with van der Waals surface area (Å²) in [6, 6.07) is 14.4. The van der Waals surface area contributed by atoms with Crippen molar-refractivity contribution in [2.24, 2.45) is 4.36 Å². The van der Waals surface area contributed by atoms with Gasteiger partial charge in [-0.2, -0.15) is 4.36 Å². The van der Waals surface area contributed by atoms with Gasteiger partial charge in [0.05, 0.1) is 20.3 Å². The molecular formula is C23H19ClN2O2S. The SMILES string of the molecule is Cc1cc(C)cc(S(C)(=O)=NC(=O)c2cncc(C#Cc3ccccc3Cl)c2)c1. The highest BCUT2D eigenvalue weighted by atomic mass is 35.5. The smallest absolute Gasteiger partial charge is 0.266 e. The molecule has 3 aromatic rings. The largest absolute Gasteiger partial charge is 0.286 e. The number of aryl methyl sites for hydroxylation is 2. The first-order valence-electron chi connectivity index (χ1n) is 8.81. The van der Waals surface area contributed by atoms with E-state index in [4.69, 9.17) is 11.6 Å². The predicted octanol–water partition coefficient (Wildman–Crippen LogP) is 5.05. The van der Waals surface area contributed by atoms with Crippen LogP contribution >= 0.6 is 11.6 Å². The van der Waals surface area contributed by atoms with E-state index in [1.807, 2.05) is 38.1 Å². The highest BCUT2D eigenvalue weighted by Crippen LogP contribution is 2.18. The number of carbonyl (C=O) groups excluding carboxylic acids is 1. The molecule has 0 N–H and O–H groups in total. The molecule has 2 aromatic carbocycles. The van der Waals surface area contributed by atoms with E-state index < -0.39 is 15.6 Å². The maximum Gasteiger partial charge on any atom is 0.286 e. The molecule has 0 aliphatic heterocycles. The highest BCUT2D eigenvalue weighted by Gasteiger charge is 2.13. The van der Waals surface area contributed by atoms with Gasteiger partial charge in [-0.1, -0.05) is 41.6 Å². The van der Waals surface area contributed by atoms with E-state index in [-0.39, 0.29) is 5.56 Å². The molecule has 0 radical (unpaired) electrons. The molecule has 1 amide bonds. The van der Waals surface area contributed by atoms with Crippen molar-refractivity contribution in [3.8, 4) is 11.8 Å². The van der Waals surface area contributed by atoms with Gasteiger partial charge < -0.3 is 0 Å². The Morgan fingerprint density at radius 3 is 2.41 bits per heavy atom. The van der Waals surface area contributed by atoms with Crippen molar-refractivity contribution in [3.05, 3.63) is 93.8 Å². The quantitative estimate of drug-likeness (QED) is 0.543. The van der Waals surface area contributed by atoms with Gasteiger partial charge in [0.1, 0.15) is 0 Å². The first kappa shape index (κ1) is 20.8. The Morgan fingerprint density at radius 2 is 1.72 bits per heavy atom. The molecule has 0 bridgehead atoms. The number of halogens is 1. The van der Waals surface area contributed by atoms with E-state index in [2.05, 4.69) is 21.2 Å². The fraction of sp³-hybridized carbons (Fsp3) is 0.130. The zero-order valence-electron chi connectivity index (χ0n) is 16.3. The summed E-state index contributed by atoms with van der Waals surface area (Å²) in [5.41, 5.74) is 3.39. The minimum atomic E-state index is -2.88. The average molecular weight is 423 g/mol. The minimum Gasteiger partial charge on any atom is -0.266 e. The number of rotatable bonds is 2. The standard InChI is InChI=1S/C23H19ClN2O2S/c1-16-10-17(2)12-21(11-16)29(3,28)26-23(27)20-13-18(14-25-15-20)8-9-19-6-4-5-7-22(19)24/h4-7,10-15H,1-3H3. The minimum absolute atomic E-state index is 0.231. The monoisotopic (exact) mass is 422 g/mol. The van der Waals surface area contributed by atoms with Crippen LogP contribution in [-0.2, 0) is 9.73 Å². The van der Waals surface area contributed by atoms with E-state index in [1.165, 1.54) is 12.5 Å². The second-order valence-corrected chi connectivity index (χ2v) is 9.38. The summed E-state index contributed by atoms with van der Waals surface area (Å²) in [5, 5.41) is 0.550. The summed E-state index contributed by atoms with van der Waals surface area (Å²) in [7, 11) is -2.88. The summed E-state index contributed by atoms with van der Waals surface area (Å²) < 4.78 is 17.0. The van der Waals surface area contributed by atoms with E-state index in [9.17, 15) is 9.00 Å². The molecule has 1 aromatic heterocycles. The number of pyridine rings is 1. The van der Waals surface area contributed by atoms with Gasteiger partial charge in [0, 0.05) is 34.7 Å². The Balaban J connectivity index is 1.93. The van der Waals surface area contributed by atoms with Crippen LogP contribution in [0.4, 0.5) is 0 Å². The lowest BCUT2D eigenvalue weighted by atomic mass is 10.1. The van der Waals surface area contributed by atoms with Crippen LogP contribution in [0.3, 0.4) is 0 Å². The molecule has 6 heteroatoms. The number of aromatic nitrogens is 1. The summed E-state index contributed by atoms with van der Waals surface area (Å²) >= 11 is 6.11. The van der Waals surface area contributed by atoms with Gasteiger partial charge in [0.15, 0.2) is 0 Å². The van der Waals surface area contributed by atoms with Gasteiger partial charge >= 0.3 is 0 Å². The Hall–Kier alpha value is -2.94. The number of benzene rings is 2. The molecule has 0 saturated carbocycles. The van der Waals surface area contributed by atoms with Crippen LogP contribution in [0.5, 0.6) is 0 Å². The van der Waals surface area contributed by atoms with Gasteiger partial charge in [0.25, 0.3) is 5.91 Å². The van der Waals surface area contributed by atoms with Gasteiger partial charge in [-0.15, -0.1) is 0 Å². The molecule has 4 nitrogen and oxygen atoms in total. The van der Waals surface area contributed by atoms with Crippen molar-refractivity contribution >= 4 is 27.2 Å². The third kappa shape index (κ3) is 5.32. The van der Waals surface area contributed by atoms with E-state index >= 15 is 0 Å². The Bertz CT molecular complexity index is 1260. The molecule has 0 aliphatic rings. The van der Waals surface area contributed by atoms with Crippen molar-refractivity contribution in [1.82, 2.24) is 4.98 Å². The van der Waals surface area contributed by atoms with Crippen LogP contribution in [0.15, 0.2) is 70.2 Å². The molecule has 3 rings (SSSR count). The van der Waals surface area contributed by atoms with Crippen molar-refractivity contribution in [3.63, 3.8) is 0 Å². The molecule has 1 unspecified atom stereocenters. The molecule has 1 heterocycles. The highest BCUT2D eigenvalue weighted by molar-refractivity contribution is 7.93. The van der Waals surface area contributed by atoms with Crippen molar-refractivity contribution in [1.29, 1.82) is 0 Å². The third-order valence-electron chi connectivity index (χ3n) is 4.09. The van der Waals surface area contributed by atoms with Crippen molar-refractivity contribution < 1.29 is 9.00 Å². The normalized spacial score (nSPS) is 12.4. The van der Waals surface area contributed by atoms with Crippen LogP contribution in [-0.4, -0.2) is 21.4 Å². The van der Waals surface area contributed by atoms with Crippen LogP contribution in [0.2, 0.25) is 5.02 Å². The zero-order chi connectivity index (χ0) is 21.0. The molecule has 0 saturated heterocycles. The number of amides is 1. The van der Waals surface area contributed by atoms with Crippen molar-refractivity contribution in [2.75, 3.05) is 6.26 Å². The molecule has 29 heavy (non-hydrogen) atoms. The van der Waals surface area contributed by atoms with Gasteiger partial charge in [-0.05, 0) is 55.3 Å². The van der Waals surface area contributed by atoms with Crippen LogP contribution in [0, 0.1) is 25.7 Å². The summed E-state index contributed by atoms with van der Waals surface area (Å²) in [4.78, 5) is 17.2. The number of nitrogens with zero attached hydrogens (tertiary/aromatic N) is 2. The summed E-state index contributed by atoms with van der Waals surface area (Å²) in [6.45, 7) is 3.83. The fourth-order valence-corrected chi connectivity index (χ4v) is 4.26. The number of hydrogen-bond acceptors (Lipinski definition) is 3. The Morgan fingerprint density at radius 1 is 1.03 bits per heavy atom. The zero-order valence-corrected chi connectivity index (χ0v) is 17.8. The van der Waals surface area contributed by atoms with E-state index in [0.717, 1.165) is 11.1 Å². The topological polar surface area (TPSA) is 59.4 Å². The Kier molecular flexibility index (Phi) is 6.17. The summed E-state index contributed by atoms with van der Waals surface area (Å²) in [5.74, 6) is 5.31. The van der Waals surface area contributed by atoms with Gasteiger partial charge in [-0.25, -0.2) is 4.21 Å². The van der Waals surface area contributed by atoms with Crippen LogP contribution < -0.4 is 0 Å².